The van der Waals surface area contributed by atoms with Crippen LogP contribution < -0.4 is 0 Å². The smallest absolute Gasteiger partial charge is 0.307 e. The number of carboxylic acid groups (broad SMARTS) is 1. The van der Waals surface area contributed by atoms with Crippen LogP contribution in [0.2, 0.25) is 0 Å². The molecule has 0 radical (unpaired) electrons. The second kappa shape index (κ2) is 4.87. The van der Waals surface area contributed by atoms with Crippen molar-refractivity contribution < 1.29 is 15.0 Å². The SMILES string of the molecule is CC(C)(C)c1cc(CC(=O)O)c(O)c(C(C)(C)C)c1. The van der Waals surface area contributed by atoms with Crippen LogP contribution in [0.4, 0.5) is 0 Å². The van der Waals surface area contributed by atoms with Crippen molar-refractivity contribution >= 4 is 5.97 Å². The molecule has 3 nitrogen and oxygen atoms in total. The number of phenols is 1. The van der Waals surface area contributed by atoms with Crippen LogP contribution in [0.1, 0.15) is 58.2 Å². The van der Waals surface area contributed by atoms with Crippen LogP contribution in [0, 0.1) is 0 Å². The number of rotatable bonds is 2. The maximum absolute atomic E-state index is 10.9. The van der Waals surface area contributed by atoms with E-state index < -0.39 is 5.97 Å². The van der Waals surface area contributed by atoms with Gasteiger partial charge in [-0.05, 0) is 22.0 Å². The average Bonchev–Trinajstić information content (AvgIpc) is 2.16. The Balaban J connectivity index is 3.52. The highest BCUT2D eigenvalue weighted by atomic mass is 16.4. The Morgan fingerprint density at radius 1 is 1.05 bits per heavy atom. The van der Waals surface area contributed by atoms with Gasteiger partial charge >= 0.3 is 5.97 Å². The lowest BCUT2D eigenvalue weighted by atomic mass is 9.78. The van der Waals surface area contributed by atoms with E-state index in [-0.39, 0.29) is 23.0 Å². The summed E-state index contributed by atoms with van der Waals surface area (Å²) < 4.78 is 0. The van der Waals surface area contributed by atoms with E-state index in [1.807, 2.05) is 26.8 Å². The highest BCUT2D eigenvalue weighted by molar-refractivity contribution is 5.72. The Bertz CT molecular complexity index is 488. The van der Waals surface area contributed by atoms with Crippen molar-refractivity contribution in [1.29, 1.82) is 0 Å². The van der Waals surface area contributed by atoms with Crippen molar-refractivity contribution in [3.05, 3.63) is 28.8 Å². The lowest BCUT2D eigenvalue weighted by molar-refractivity contribution is -0.136. The molecule has 0 amide bonds. The Labute approximate surface area is 115 Å². The molecular weight excluding hydrogens is 240 g/mol. The second-order valence-electron chi connectivity index (χ2n) is 7.10. The van der Waals surface area contributed by atoms with Crippen molar-refractivity contribution in [3.8, 4) is 5.75 Å². The van der Waals surface area contributed by atoms with Gasteiger partial charge in [0.1, 0.15) is 5.75 Å². The fourth-order valence-corrected chi connectivity index (χ4v) is 2.00. The molecule has 0 aromatic heterocycles. The van der Waals surface area contributed by atoms with Gasteiger partial charge in [-0.3, -0.25) is 4.79 Å². The van der Waals surface area contributed by atoms with E-state index in [0.29, 0.717) is 5.56 Å². The van der Waals surface area contributed by atoms with Gasteiger partial charge in [0.2, 0.25) is 0 Å². The molecule has 3 heteroatoms. The van der Waals surface area contributed by atoms with Crippen molar-refractivity contribution in [2.45, 2.75) is 58.8 Å². The molecule has 0 bridgehead atoms. The minimum atomic E-state index is -0.929. The molecule has 1 rings (SSSR count). The summed E-state index contributed by atoms with van der Waals surface area (Å²) >= 11 is 0. The van der Waals surface area contributed by atoms with Gasteiger partial charge in [-0.1, -0.05) is 53.7 Å². The summed E-state index contributed by atoms with van der Waals surface area (Å²) in [6, 6.07) is 3.79. The van der Waals surface area contributed by atoms with Crippen LogP contribution >= 0.6 is 0 Å². The molecule has 0 heterocycles. The van der Waals surface area contributed by atoms with Gasteiger partial charge in [0.05, 0.1) is 6.42 Å². The van der Waals surface area contributed by atoms with E-state index in [9.17, 15) is 9.90 Å². The molecule has 0 atom stereocenters. The number of aliphatic carboxylic acids is 1. The maximum Gasteiger partial charge on any atom is 0.307 e. The molecule has 1 aromatic carbocycles. The third kappa shape index (κ3) is 3.72. The predicted molar refractivity (Wildman–Crippen MR) is 76.8 cm³/mol. The molecule has 1 aromatic rings. The zero-order chi connectivity index (χ0) is 15.0. The van der Waals surface area contributed by atoms with Crippen LogP contribution in [-0.4, -0.2) is 16.2 Å². The molecule has 106 valence electrons. The number of benzene rings is 1. The van der Waals surface area contributed by atoms with E-state index in [1.165, 1.54) is 0 Å². The third-order valence-corrected chi connectivity index (χ3v) is 3.20. The Morgan fingerprint density at radius 3 is 1.95 bits per heavy atom. The van der Waals surface area contributed by atoms with Gasteiger partial charge in [0.25, 0.3) is 0 Å². The number of carbonyl (C=O) groups is 1. The van der Waals surface area contributed by atoms with Crippen molar-refractivity contribution in [2.75, 3.05) is 0 Å². The lowest BCUT2D eigenvalue weighted by Crippen LogP contribution is -2.18. The van der Waals surface area contributed by atoms with E-state index in [1.54, 1.807) is 6.07 Å². The molecule has 0 aliphatic heterocycles. The first-order valence-electron chi connectivity index (χ1n) is 6.51. The topological polar surface area (TPSA) is 57.5 Å². The number of hydrogen-bond donors (Lipinski definition) is 2. The molecule has 0 aliphatic carbocycles. The van der Waals surface area contributed by atoms with Crippen LogP contribution in [0.25, 0.3) is 0 Å². The molecule has 19 heavy (non-hydrogen) atoms. The van der Waals surface area contributed by atoms with Gasteiger partial charge in [-0.15, -0.1) is 0 Å². The number of hydrogen-bond acceptors (Lipinski definition) is 2. The molecule has 0 unspecified atom stereocenters. The largest absolute Gasteiger partial charge is 0.507 e. The molecule has 0 fully saturated rings. The first-order chi connectivity index (χ1) is 8.43. The fourth-order valence-electron chi connectivity index (χ4n) is 2.00. The Kier molecular flexibility index (Phi) is 3.99. The Hall–Kier alpha value is -1.51. The summed E-state index contributed by atoms with van der Waals surface area (Å²) in [6.45, 7) is 12.3. The normalized spacial score (nSPS) is 12.5. The Morgan fingerprint density at radius 2 is 1.58 bits per heavy atom. The van der Waals surface area contributed by atoms with Crippen molar-refractivity contribution in [1.82, 2.24) is 0 Å². The predicted octanol–water partition coefficient (Wildman–Crippen LogP) is 3.61. The highest BCUT2D eigenvalue weighted by Gasteiger charge is 2.25. The molecular formula is C16H24O3. The van der Waals surface area contributed by atoms with Gasteiger partial charge in [-0.2, -0.15) is 0 Å². The lowest BCUT2D eigenvalue weighted by Gasteiger charge is -2.27. The summed E-state index contributed by atoms with van der Waals surface area (Å²) in [5, 5.41) is 19.3. The van der Waals surface area contributed by atoms with Gasteiger partial charge in [-0.25, -0.2) is 0 Å². The standard InChI is InChI=1S/C16H24O3/c1-15(2,3)11-7-10(8-13(17)18)14(19)12(9-11)16(4,5)6/h7,9,19H,8H2,1-6H3,(H,17,18). The molecule has 0 spiro atoms. The minimum absolute atomic E-state index is 0.0824. The van der Waals surface area contributed by atoms with Crippen LogP contribution in [0.3, 0.4) is 0 Å². The van der Waals surface area contributed by atoms with E-state index in [0.717, 1.165) is 11.1 Å². The van der Waals surface area contributed by atoms with E-state index in [2.05, 4.69) is 20.8 Å². The third-order valence-electron chi connectivity index (χ3n) is 3.20. The summed E-state index contributed by atoms with van der Waals surface area (Å²) in [6.07, 6.45) is -0.154. The average molecular weight is 264 g/mol. The van der Waals surface area contributed by atoms with E-state index >= 15 is 0 Å². The minimum Gasteiger partial charge on any atom is -0.507 e. The number of carboxylic acids is 1. The van der Waals surface area contributed by atoms with E-state index in [4.69, 9.17) is 5.11 Å². The summed E-state index contributed by atoms with van der Waals surface area (Å²) in [7, 11) is 0. The van der Waals surface area contributed by atoms with Gasteiger partial charge in [0, 0.05) is 5.56 Å². The van der Waals surface area contributed by atoms with Crippen LogP contribution in [0.5, 0.6) is 5.75 Å². The summed E-state index contributed by atoms with van der Waals surface area (Å²) in [5.41, 5.74) is 2.03. The molecule has 2 N–H and O–H groups in total. The maximum atomic E-state index is 10.9. The zero-order valence-corrected chi connectivity index (χ0v) is 12.7. The van der Waals surface area contributed by atoms with Crippen molar-refractivity contribution in [3.63, 3.8) is 0 Å². The second-order valence-corrected chi connectivity index (χ2v) is 7.10. The van der Waals surface area contributed by atoms with Crippen LogP contribution in [0.15, 0.2) is 12.1 Å². The molecule has 0 saturated carbocycles. The number of phenolic OH excluding ortho intramolecular Hbond substituents is 1. The quantitative estimate of drug-likeness (QED) is 0.857. The van der Waals surface area contributed by atoms with Crippen LogP contribution in [-0.2, 0) is 22.0 Å². The summed E-state index contributed by atoms with van der Waals surface area (Å²) in [4.78, 5) is 10.9. The molecule has 0 aliphatic rings. The first kappa shape index (κ1) is 15.5. The fraction of sp³-hybridized carbons (Fsp3) is 0.562. The highest BCUT2D eigenvalue weighted by Crippen LogP contribution is 2.37. The first-order valence-corrected chi connectivity index (χ1v) is 6.51. The van der Waals surface area contributed by atoms with Gasteiger partial charge in [0.15, 0.2) is 0 Å². The number of aromatic hydroxyl groups is 1. The molecule has 0 saturated heterocycles. The summed E-state index contributed by atoms with van der Waals surface area (Å²) in [5.74, 6) is -0.816. The van der Waals surface area contributed by atoms with Crippen molar-refractivity contribution in [2.24, 2.45) is 0 Å². The van der Waals surface area contributed by atoms with Gasteiger partial charge < -0.3 is 10.2 Å². The monoisotopic (exact) mass is 264 g/mol. The zero-order valence-electron chi connectivity index (χ0n) is 12.7.